The zero-order valence-corrected chi connectivity index (χ0v) is 9.00. The van der Waals surface area contributed by atoms with Crippen molar-refractivity contribution in [3.63, 3.8) is 0 Å². The molecule has 0 bridgehead atoms. The Hall–Kier alpha value is 0.0500. The normalized spacial score (nSPS) is 13.0. The molecule has 1 N–H and O–H groups in total. The third-order valence-electron chi connectivity index (χ3n) is 1.68. The SMILES string of the molecule is [CH2]C(CO)c1cc(Cl)cc(Cl)c1Cl. The predicted molar refractivity (Wildman–Crippen MR) is 56.7 cm³/mol. The van der Waals surface area contributed by atoms with E-state index in [0.717, 1.165) is 0 Å². The average Bonchev–Trinajstić information content (AvgIpc) is 2.10. The second-order valence-corrected chi connectivity index (χ2v) is 3.89. The molecule has 0 saturated carbocycles. The van der Waals surface area contributed by atoms with Gasteiger partial charge in [0.25, 0.3) is 0 Å². The Morgan fingerprint density at radius 2 is 1.92 bits per heavy atom. The highest BCUT2D eigenvalue weighted by molar-refractivity contribution is 6.43. The van der Waals surface area contributed by atoms with E-state index in [1.54, 1.807) is 12.1 Å². The first-order valence-electron chi connectivity index (χ1n) is 3.64. The van der Waals surface area contributed by atoms with Gasteiger partial charge >= 0.3 is 0 Å². The van der Waals surface area contributed by atoms with Crippen molar-refractivity contribution in [3.05, 3.63) is 39.7 Å². The number of aliphatic hydroxyl groups is 1. The molecule has 0 fully saturated rings. The largest absolute Gasteiger partial charge is 0.396 e. The molecule has 0 amide bonds. The Bertz CT molecular complexity index is 312. The van der Waals surface area contributed by atoms with Crippen LogP contribution in [0.2, 0.25) is 15.1 Å². The van der Waals surface area contributed by atoms with E-state index in [0.29, 0.717) is 20.6 Å². The molecule has 1 aromatic carbocycles. The molecular weight excluding hydrogens is 230 g/mol. The summed E-state index contributed by atoms with van der Waals surface area (Å²) in [6.45, 7) is 3.63. The molecule has 1 nitrogen and oxygen atoms in total. The lowest BCUT2D eigenvalue weighted by atomic mass is 10.0. The summed E-state index contributed by atoms with van der Waals surface area (Å²) >= 11 is 17.5. The van der Waals surface area contributed by atoms with Crippen LogP contribution in [0.15, 0.2) is 12.1 Å². The molecule has 4 heteroatoms. The van der Waals surface area contributed by atoms with Crippen molar-refractivity contribution in [2.45, 2.75) is 5.92 Å². The molecule has 1 aromatic rings. The van der Waals surface area contributed by atoms with Gasteiger partial charge in [-0.05, 0) is 24.6 Å². The predicted octanol–water partition coefficient (Wildman–Crippen LogP) is 3.56. The fraction of sp³-hybridized carbons (Fsp3) is 0.222. The number of hydrogen-bond donors (Lipinski definition) is 1. The van der Waals surface area contributed by atoms with Crippen LogP contribution in [0.25, 0.3) is 0 Å². The Kier molecular flexibility index (Phi) is 3.87. The molecule has 0 aromatic heterocycles. The van der Waals surface area contributed by atoms with Gasteiger partial charge in [-0.15, -0.1) is 0 Å². The molecular formula is C9H8Cl3O. The smallest absolute Gasteiger partial charge is 0.0629 e. The zero-order valence-electron chi connectivity index (χ0n) is 6.73. The highest BCUT2D eigenvalue weighted by atomic mass is 35.5. The first-order valence-corrected chi connectivity index (χ1v) is 4.78. The molecule has 0 aliphatic heterocycles. The second-order valence-electron chi connectivity index (χ2n) is 2.67. The molecule has 1 atom stereocenters. The lowest BCUT2D eigenvalue weighted by Crippen LogP contribution is -2.00. The first kappa shape index (κ1) is 11.1. The van der Waals surface area contributed by atoms with Crippen molar-refractivity contribution in [1.82, 2.24) is 0 Å². The summed E-state index contributed by atoms with van der Waals surface area (Å²) in [5.74, 6) is -0.302. The van der Waals surface area contributed by atoms with E-state index >= 15 is 0 Å². The van der Waals surface area contributed by atoms with E-state index in [2.05, 4.69) is 6.92 Å². The highest BCUT2D eigenvalue weighted by Gasteiger charge is 2.12. The van der Waals surface area contributed by atoms with Crippen LogP contribution in [-0.2, 0) is 0 Å². The average molecular weight is 239 g/mol. The van der Waals surface area contributed by atoms with E-state index in [-0.39, 0.29) is 12.5 Å². The fourth-order valence-corrected chi connectivity index (χ4v) is 1.74. The van der Waals surface area contributed by atoms with Gasteiger partial charge in [0.05, 0.1) is 10.0 Å². The van der Waals surface area contributed by atoms with Crippen molar-refractivity contribution >= 4 is 34.8 Å². The van der Waals surface area contributed by atoms with Gasteiger partial charge in [-0.2, -0.15) is 0 Å². The Morgan fingerprint density at radius 1 is 1.31 bits per heavy atom. The van der Waals surface area contributed by atoms with Gasteiger partial charge < -0.3 is 5.11 Å². The van der Waals surface area contributed by atoms with Crippen LogP contribution in [0.4, 0.5) is 0 Å². The van der Waals surface area contributed by atoms with Gasteiger partial charge in [-0.1, -0.05) is 34.8 Å². The van der Waals surface area contributed by atoms with E-state index in [1.807, 2.05) is 0 Å². The monoisotopic (exact) mass is 237 g/mol. The maximum Gasteiger partial charge on any atom is 0.0629 e. The minimum absolute atomic E-state index is 0.0869. The van der Waals surface area contributed by atoms with Gasteiger partial charge in [0.2, 0.25) is 0 Å². The highest BCUT2D eigenvalue weighted by Crippen LogP contribution is 2.33. The van der Waals surface area contributed by atoms with Gasteiger partial charge in [0.1, 0.15) is 0 Å². The molecule has 1 unspecified atom stereocenters. The number of aliphatic hydroxyl groups excluding tert-OH is 1. The number of benzene rings is 1. The van der Waals surface area contributed by atoms with Crippen LogP contribution >= 0.6 is 34.8 Å². The van der Waals surface area contributed by atoms with Gasteiger partial charge in [0.15, 0.2) is 0 Å². The molecule has 0 spiro atoms. The fourth-order valence-electron chi connectivity index (χ4n) is 0.971. The summed E-state index contributed by atoms with van der Waals surface area (Å²) in [4.78, 5) is 0. The summed E-state index contributed by atoms with van der Waals surface area (Å²) in [5.41, 5.74) is 0.668. The summed E-state index contributed by atoms with van der Waals surface area (Å²) in [6, 6.07) is 3.21. The van der Waals surface area contributed by atoms with Crippen LogP contribution in [-0.4, -0.2) is 11.7 Å². The Labute approximate surface area is 92.2 Å². The topological polar surface area (TPSA) is 20.2 Å². The van der Waals surface area contributed by atoms with Crippen LogP contribution < -0.4 is 0 Å². The van der Waals surface area contributed by atoms with Crippen LogP contribution in [0.3, 0.4) is 0 Å². The summed E-state index contributed by atoms with van der Waals surface area (Å²) in [5, 5.41) is 10.2. The van der Waals surface area contributed by atoms with Crippen molar-refractivity contribution in [1.29, 1.82) is 0 Å². The molecule has 0 aliphatic carbocycles. The summed E-state index contributed by atoms with van der Waals surface area (Å²) in [6.07, 6.45) is 0. The lowest BCUT2D eigenvalue weighted by molar-refractivity contribution is 0.282. The van der Waals surface area contributed by atoms with Gasteiger partial charge in [-0.3, -0.25) is 0 Å². The summed E-state index contributed by atoms with van der Waals surface area (Å²) in [7, 11) is 0. The maximum absolute atomic E-state index is 8.89. The minimum Gasteiger partial charge on any atom is -0.396 e. The standard InChI is InChI=1S/C9H8Cl3O/c1-5(4-13)7-2-6(10)3-8(11)9(7)12/h2-3,5,13H,1,4H2. The summed E-state index contributed by atoms with van der Waals surface area (Å²) < 4.78 is 0. The van der Waals surface area contributed by atoms with E-state index in [9.17, 15) is 0 Å². The van der Waals surface area contributed by atoms with Crippen molar-refractivity contribution in [2.75, 3.05) is 6.61 Å². The van der Waals surface area contributed by atoms with E-state index in [4.69, 9.17) is 39.9 Å². The molecule has 13 heavy (non-hydrogen) atoms. The van der Waals surface area contributed by atoms with Crippen LogP contribution in [0, 0.1) is 6.92 Å². The molecule has 0 aliphatic rings. The maximum atomic E-state index is 8.89. The zero-order chi connectivity index (χ0) is 10.0. The third-order valence-corrected chi connectivity index (χ3v) is 2.72. The molecule has 1 radical (unpaired) electrons. The van der Waals surface area contributed by atoms with Crippen molar-refractivity contribution < 1.29 is 5.11 Å². The minimum atomic E-state index is -0.302. The Balaban J connectivity index is 3.20. The van der Waals surface area contributed by atoms with E-state index in [1.165, 1.54) is 0 Å². The quantitative estimate of drug-likeness (QED) is 0.781. The number of halogens is 3. The second kappa shape index (κ2) is 4.52. The van der Waals surface area contributed by atoms with Crippen molar-refractivity contribution in [3.8, 4) is 0 Å². The molecule has 71 valence electrons. The number of rotatable bonds is 2. The van der Waals surface area contributed by atoms with Crippen LogP contribution in [0.5, 0.6) is 0 Å². The number of hydrogen-bond acceptors (Lipinski definition) is 1. The van der Waals surface area contributed by atoms with Gasteiger partial charge in [0, 0.05) is 17.5 Å². The lowest BCUT2D eigenvalue weighted by Gasteiger charge is -2.11. The third kappa shape index (κ3) is 2.50. The van der Waals surface area contributed by atoms with Gasteiger partial charge in [-0.25, -0.2) is 0 Å². The van der Waals surface area contributed by atoms with Crippen LogP contribution in [0.1, 0.15) is 11.5 Å². The van der Waals surface area contributed by atoms with E-state index < -0.39 is 0 Å². The molecule has 0 heterocycles. The molecule has 1 rings (SSSR count). The molecule has 0 saturated heterocycles. The van der Waals surface area contributed by atoms with Crippen molar-refractivity contribution in [2.24, 2.45) is 0 Å². The first-order chi connectivity index (χ1) is 6.06. The Morgan fingerprint density at radius 3 is 2.46 bits per heavy atom.